The molecular weight excluding hydrogens is 398 g/mol. The smallest absolute Gasteiger partial charge is 0.430 e. The average molecular weight is 430 g/mol. The first-order chi connectivity index (χ1) is 14.5. The zero-order valence-corrected chi connectivity index (χ0v) is 19.0. The third-order valence-corrected chi connectivity index (χ3v) is 6.06. The first-order valence-corrected chi connectivity index (χ1v) is 10.7. The normalized spacial score (nSPS) is 21.4. The molecule has 8 heteroatoms. The van der Waals surface area contributed by atoms with Gasteiger partial charge in [-0.15, -0.1) is 0 Å². The Labute approximate surface area is 183 Å². The molecule has 0 saturated heterocycles. The molecule has 168 valence electrons. The maximum Gasteiger partial charge on any atom is 0.430 e. The summed E-state index contributed by atoms with van der Waals surface area (Å²) in [6, 6.07) is 5.68. The molecule has 0 fully saturated rings. The SMILES string of the molecule is CCN1c2ccc(NC(=O)OC(C)(C)C)cc2C(CC)(CC)C12C=CC=C([N+](=O)[O-])O2. The summed E-state index contributed by atoms with van der Waals surface area (Å²) in [5.41, 5.74) is 0.368. The van der Waals surface area contributed by atoms with Crippen LogP contribution in [-0.2, 0) is 14.9 Å². The van der Waals surface area contributed by atoms with E-state index in [4.69, 9.17) is 9.47 Å². The predicted octanol–water partition coefficient (Wildman–Crippen LogP) is 5.33. The maximum atomic E-state index is 12.3. The number of rotatable bonds is 5. The highest BCUT2D eigenvalue weighted by Crippen LogP contribution is 2.58. The summed E-state index contributed by atoms with van der Waals surface area (Å²) in [4.78, 5) is 25.4. The second-order valence-electron chi connectivity index (χ2n) is 8.81. The van der Waals surface area contributed by atoms with E-state index in [1.807, 2.05) is 52.0 Å². The summed E-state index contributed by atoms with van der Waals surface area (Å²) >= 11 is 0. The van der Waals surface area contributed by atoms with Crippen LogP contribution in [0.1, 0.15) is 59.9 Å². The minimum Gasteiger partial charge on any atom is -0.444 e. The first-order valence-electron chi connectivity index (χ1n) is 10.7. The fourth-order valence-corrected chi connectivity index (χ4v) is 4.82. The molecule has 2 aliphatic heterocycles. The fraction of sp³-hybridized carbons (Fsp3) is 0.522. The number of nitro groups is 1. The average Bonchev–Trinajstić information content (AvgIpc) is 2.90. The third kappa shape index (κ3) is 3.64. The van der Waals surface area contributed by atoms with Crippen LogP contribution in [0.5, 0.6) is 0 Å². The molecule has 31 heavy (non-hydrogen) atoms. The number of fused-ring (bicyclic) bond motifs is 1. The van der Waals surface area contributed by atoms with Crippen molar-refractivity contribution in [3.05, 3.63) is 58.0 Å². The maximum absolute atomic E-state index is 12.3. The molecule has 0 aromatic heterocycles. The summed E-state index contributed by atoms with van der Waals surface area (Å²) < 4.78 is 11.5. The number of nitrogens with one attached hydrogen (secondary N) is 1. The van der Waals surface area contributed by atoms with Gasteiger partial charge in [0.15, 0.2) is 0 Å². The van der Waals surface area contributed by atoms with Crippen molar-refractivity contribution in [1.29, 1.82) is 0 Å². The van der Waals surface area contributed by atoms with Gasteiger partial charge >= 0.3 is 12.0 Å². The zero-order chi connectivity index (χ0) is 23.0. The van der Waals surface area contributed by atoms with E-state index in [0.29, 0.717) is 25.1 Å². The number of nitrogens with zero attached hydrogens (tertiary/aromatic N) is 2. The number of ether oxygens (including phenoxy) is 2. The Morgan fingerprint density at radius 3 is 2.48 bits per heavy atom. The van der Waals surface area contributed by atoms with Gasteiger partial charge in [0.25, 0.3) is 0 Å². The summed E-state index contributed by atoms with van der Waals surface area (Å²) in [7, 11) is 0. The van der Waals surface area contributed by atoms with Gasteiger partial charge in [-0.3, -0.25) is 15.4 Å². The number of carbonyl (C=O) groups excluding carboxylic acids is 1. The van der Waals surface area contributed by atoms with Crippen LogP contribution in [0, 0.1) is 10.1 Å². The van der Waals surface area contributed by atoms with E-state index in [0.717, 1.165) is 11.3 Å². The van der Waals surface area contributed by atoms with Gasteiger partial charge in [-0.2, -0.15) is 0 Å². The molecule has 1 aromatic carbocycles. The minimum absolute atomic E-state index is 0.271. The van der Waals surface area contributed by atoms with E-state index in [1.54, 1.807) is 6.08 Å². The van der Waals surface area contributed by atoms with Gasteiger partial charge in [0.2, 0.25) is 5.72 Å². The van der Waals surface area contributed by atoms with E-state index in [-0.39, 0.29) is 5.88 Å². The Morgan fingerprint density at radius 1 is 1.26 bits per heavy atom. The Bertz CT molecular complexity index is 943. The molecule has 2 aliphatic rings. The summed E-state index contributed by atoms with van der Waals surface area (Å²) in [6.45, 7) is 12.1. The van der Waals surface area contributed by atoms with Crippen molar-refractivity contribution in [2.24, 2.45) is 0 Å². The molecule has 2 heterocycles. The van der Waals surface area contributed by atoms with Crippen molar-refractivity contribution in [2.45, 2.75) is 71.1 Å². The number of hydrogen-bond acceptors (Lipinski definition) is 6. The molecule has 1 aromatic rings. The standard InChI is InChI=1S/C23H31N3O5/c1-7-22(8-2)17-15-16(24-20(27)31-21(4,5)6)12-13-18(17)25(9-3)23(22)14-10-11-19(30-23)26(28)29/h10-15H,7-9H2,1-6H3,(H,24,27). The molecule has 3 rings (SSSR count). The van der Waals surface area contributed by atoms with Gasteiger partial charge in [0.05, 0.1) is 11.5 Å². The quantitative estimate of drug-likeness (QED) is 0.502. The lowest BCUT2D eigenvalue weighted by molar-refractivity contribution is -0.472. The van der Waals surface area contributed by atoms with Crippen LogP contribution in [0.4, 0.5) is 16.2 Å². The van der Waals surface area contributed by atoms with Crippen LogP contribution in [-0.4, -0.2) is 28.9 Å². The lowest BCUT2D eigenvalue weighted by atomic mass is 9.69. The lowest BCUT2D eigenvalue weighted by Gasteiger charge is -2.47. The van der Waals surface area contributed by atoms with E-state index in [1.165, 1.54) is 6.08 Å². The number of carbonyl (C=O) groups is 1. The topological polar surface area (TPSA) is 93.9 Å². The summed E-state index contributed by atoms with van der Waals surface area (Å²) in [6.07, 6.45) is 5.86. The Balaban J connectivity index is 2.09. The van der Waals surface area contributed by atoms with Gasteiger partial charge < -0.3 is 14.4 Å². The van der Waals surface area contributed by atoms with E-state index in [2.05, 4.69) is 24.1 Å². The lowest BCUT2D eigenvalue weighted by Crippen LogP contribution is -2.59. The molecule has 8 nitrogen and oxygen atoms in total. The van der Waals surface area contributed by atoms with Gasteiger partial charge in [-0.05, 0) is 76.5 Å². The fourth-order valence-electron chi connectivity index (χ4n) is 4.82. The van der Waals surface area contributed by atoms with Crippen molar-refractivity contribution in [3.8, 4) is 0 Å². The van der Waals surface area contributed by atoms with Crippen LogP contribution in [0.3, 0.4) is 0 Å². The third-order valence-electron chi connectivity index (χ3n) is 6.06. The van der Waals surface area contributed by atoms with Crippen LogP contribution < -0.4 is 10.2 Å². The summed E-state index contributed by atoms with van der Waals surface area (Å²) in [5, 5.41) is 14.3. The van der Waals surface area contributed by atoms with E-state index in [9.17, 15) is 14.9 Å². The molecule has 1 atom stereocenters. The van der Waals surface area contributed by atoms with E-state index >= 15 is 0 Å². The number of anilines is 2. The molecular formula is C23H31N3O5. The predicted molar refractivity (Wildman–Crippen MR) is 120 cm³/mol. The minimum atomic E-state index is -1.02. The zero-order valence-electron chi connectivity index (χ0n) is 19.0. The number of likely N-dealkylation sites (N-methyl/N-ethyl adjacent to an activating group) is 1. The monoisotopic (exact) mass is 429 g/mol. The van der Waals surface area contributed by atoms with Gasteiger partial charge in [0, 0.05) is 17.9 Å². The highest BCUT2D eigenvalue weighted by molar-refractivity contribution is 5.86. The van der Waals surface area contributed by atoms with Crippen LogP contribution >= 0.6 is 0 Å². The Hall–Kier alpha value is -3.03. The summed E-state index contributed by atoms with van der Waals surface area (Å²) in [5.74, 6) is -0.271. The highest BCUT2D eigenvalue weighted by Gasteiger charge is 2.62. The van der Waals surface area contributed by atoms with Crippen molar-refractivity contribution in [1.82, 2.24) is 0 Å². The molecule has 0 bridgehead atoms. The molecule has 0 aliphatic carbocycles. The second kappa shape index (κ2) is 7.90. The number of hydrogen-bond donors (Lipinski definition) is 1. The number of allylic oxidation sites excluding steroid dienone is 2. The largest absolute Gasteiger partial charge is 0.444 e. The molecule has 1 spiro atoms. The van der Waals surface area contributed by atoms with Crippen LogP contribution in [0.2, 0.25) is 0 Å². The van der Waals surface area contributed by atoms with Gasteiger partial charge in [0.1, 0.15) is 10.5 Å². The van der Waals surface area contributed by atoms with Gasteiger partial charge in [-0.1, -0.05) is 13.8 Å². The van der Waals surface area contributed by atoms with Crippen LogP contribution in [0.15, 0.2) is 42.3 Å². The molecule has 0 radical (unpaired) electrons. The van der Waals surface area contributed by atoms with Crippen molar-refractivity contribution in [3.63, 3.8) is 0 Å². The van der Waals surface area contributed by atoms with E-state index < -0.39 is 27.8 Å². The van der Waals surface area contributed by atoms with Crippen LogP contribution in [0.25, 0.3) is 0 Å². The molecule has 1 unspecified atom stereocenters. The molecule has 0 saturated carbocycles. The number of benzene rings is 1. The van der Waals surface area contributed by atoms with Crippen molar-refractivity contribution < 1.29 is 19.2 Å². The second-order valence-corrected chi connectivity index (χ2v) is 8.81. The highest BCUT2D eigenvalue weighted by atomic mass is 16.7. The molecule has 1 amide bonds. The van der Waals surface area contributed by atoms with Gasteiger partial charge in [-0.25, -0.2) is 4.79 Å². The Kier molecular flexibility index (Phi) is 5.78. The Morgan fingerprint density at radius 2 is 1.94 bits per heavy atom. The molecule has 1 N–H and O–H groups in total. The number of amides is 1. The van der Waals surface area contributed by atoms with Crippen molar-refractivity contribution >= 4 is 17.5 Å². The van der Waals surface area contributed by atoms with Crippen molar-refractivity contribution in [2.75, 3.05) is 16.8 Å². The first kappa shape index (κ1) is 22.7.